The van der Waals surface area contributed by atoms with Gasteiger partial charge in [0.15, 0.2) is 11.5 Å². The highest BCUT2D eigenvalue weighted by Gasteiger charge is 2.13. The third-order valence-electron chi connectivity index (χ3n) is 4.78. The van der Waals surface area contributed by atoms with Gasteiger partial charge in [-0.2, -0.15) is 0 Å². The van der Waals surface area contributed by atoms with Crippen LogP contribution in [0.3, 0.4) is 0 Å². The Balaban J connectivity index is 1.47. The molecule has 0 unspecified atom stereocenters. The number of ether oxygens (including phenoxy) is 3. The Hall–Kier alpha value is -3.83. The van der Waals surface area contributed by atoms with Gasteiger partial charge in [0, 0.05) is 6.21 Å². The monoisotopic (exact) mass is 475 g/mol. The van der Waals surface area contributed by atoms with Crippen molar-refractivity contribution in [2.45, 2.75) is 13.5 Å². The Morgan fingerprint density at radius 3 is 2.35 bits per heavy atom. The first kappa shape index (κ1) is 23.3. The van der Waals surface area contributed by atoms with Gasteiger partial charge in [-0.3, -0.25) is 4.99 Å². The first-order chi connectivity index (χ1) is 16.6. The molecule has 0 amide bonds. The van der Waals surface area contributed by atoms with E-state index in [1.807, 2.05) is 67.6 Å². The third kappa shape index (κ3) is 6.36. The molecular weight excluding hydrogens is 453 g/mol. The van der Waals surface area contributed by atoms with Crippen LogP contribution in [-0.2, 0) is 6.61 Å². The molecule has 0 aliphatic carbocycles. The Morgan fingerprint density at radius 2 is 1.62 bits per heavy atom. The van der Waals surface area contributed by atoms with Crippen molar-refractivity contribution in [1.82, 2.24) is 0 Å². The second kappa shape index (κ2) is 11.3. The number of nitrogens with zero attached hydrogens (tertiary/aromatic N) is 1. The molecule has 34 heavy (non-hydrogen) atoms. The summed E-state index contributed by atoms with van der Waals surface area (Å²) < 4.78 is 30.8. The summed E-state index contributed by atoms with van der Waals surface area (Å²) in [4.78, 5) is 4.52. The second-order valence-electron chi connectivity index (χ2n) is 7.35. The zero-order valence-corrected chi connectivity index (χ0v) is 19.3. The molecular formula is C28H23ClFNO3. The van der Waals surface area contributed by atoms with Crippen LogP contribution in [0.4, 0.5) is 10.1 Å². The molecule has 0 N–H and O–H groups in total. The summed E-state index contributed by atoms with van der Waals surface area (Å²) in [5.74, 6) is 2.10. The molecule has 0 fully saturated rings. The average molecular weight is 476 g/mol. The Bertz CT molecular complexity index is 1260. The van der Waals surface area contributed by atoms with Gasteiger partial charge in [-0.15, -0.1) is 0 Å². The number of benzene rings is 4. The van der Waals surface area contributed by atoms with Crippen molar-refractivity contribution in [3.63, 3.8) is 0 Å². The molecule has 0 saturated heterocycles. The smallest absolute Gasteiger partial charge is 0.180 e. The number of rotatable bonds is 9. The molecule has 0 aliphatic rings. The van der Waals surface area contributed by atoms with Gasteiger partial charge >= 0.3 is 0 Å². The zero-order valence-electron chi connectivity index (χ0n) is 18.6. The summed E-state index contributed by atoms with van der Waals surface area (Å²) in [5, 5.41) is 0.385. The highest BCUT2D eigenvalue weighted by molar-refractivity contribution is 6.32. The molecule has 0 atom stereocenters. The molecule has 4 aromatic carbocycles. The molecule has 4 rings (SSSR count). The van der Waals surface area contributed by atoms with Gasteiger partial charge in [0.1, 0.15) is 23.9 Å². The summed E-state index contributed by atoms with van der Waals surface area (Å²) in [5.41, 5.74) is 2.22. The molecule has 0 radical (unpaired) electrons. The number of hydrogen-bond donors (Lipinski definition) is 0. The fraction of sp³-hybridized carbons (Fsp3) is 0.107. The minimum Gasteiger partial charge on any atom is -0.490 e. The molecule has 4 nitrogen and oxygen atoms in total. The van der Waals surface area contributed by atoms with Crippen LogP contribution in [0, 0.1) is 5.82 Å². The maximum absolute atomic E-state index is 13.4. The lowest BCUT2D eigenvalue weighted by Gasteiger charge is -2.14. The lowest BCUT2D eigenvalue weighted by molar-refractivity contribution is 0.269. The van der Waals surface area contributed by atoms with Crippen LogP contribution in [0.1, 0.15) is 18.1 Å². The summed E-state index contributed by atoms with van der Waals surface area (Å²) in [6, 6.07) is 26.9. The highest BCUT2D eigenvalue weighted by atomic mass is 35.5. The zero-order chi connectivity index (χ0) is 23.8. The van der Waals surface area contributed by atoms with Crippen molar-refractivity contribution in [3.8, 4) is 23.0 Å². The van der Waals surface area contributed by atoms with Gasteiger partial charge in [-0.05, 0) is 78.7 Å². The van der Waals surface area contributed by atoms with E-state index in [4.69, 9.17) is 25.8 Å². The number of para-hydroxylation sites is 1. The van der Waals surface area contributed by atoms with Gasteiger partial charge in [0.05, 0.1) is 17.3 Å². The van der Waals surface area contributed by atoms with E-state index in [2.05, 4.69) is 4.99 Å². The fourth-order valence-electron chi connectivity index (χ4n) is 3.22. The average Bonchev–Trinajstić information content (AvgIpc) is 2.84. The Kier molecular flexibility index (Phi) is 7.79. The first-order valence-corrected chi connectivity index (χ1v) is 11.2. The molecule has 6 heteroatoms. The summed E-state index contributed by atoms with van der Waals surface area (Å²) >= 11 is 6.49. The number of hydrogen-bond acceptors (Lipinski definition) is 4. The number of aliphatic imine (C=N–C) groups is 1. The van der Waals surface area contributed by atoms with Crippen LogP contribution in [0.2, 0.25) is 5.02 Å². The molecule has 0 bridgehead atoms. The van der Waals surface area contributed by atoms with E-state index in [9.17, 15) is 4.39 Å². The predicted octanol–water partition coefficient (Wildman–Crippen LogP) is 8.00. The van der Waals surface area contributed by atoms with E-state index in [0.717, 1.165) is 22.7 Å². The first-order valence-electron chi connectivity index (χ1n) is 10.8. The summed E-state index contributed by atoms with van der Waals surface area (Å²) in [6.45, 7) is 2.49. The van der Waals surface area contributed by atoms with Crippen LogP contribution in [-0.4, -0.2) is 12.8 Å². The van der Waals surface area contributed by atoms with Crippen LogP contribution < -0.4 is 14.2 Å². The van der Waals surface area contributed by atoms with Crippen LogP contribution in [0.15, 0.2) is 96.0 Å². The molecule has 0 aliphatic heterocycles. The Morgan fingerprint density at radius 1 is 0.853 bits per heavy atom. The van der Waals surface area contributed by atoms with Gasteiger partial charge in [0.25, 0.3) is 0 Å². The maximum Gasteiger partial charge on any atom is 0.180 e. The SMILES string of the molecule is CCOc1cc(C=Nc2ccc(Oc3ccccc3)cc2)cc(Cl)c1OCc1cccc(F)c1. The molecule has 0 spiro atoms. The highest BCUT2D eigenvalue weighted by Crippen LogP contribution is 2.37. The van der Waals surface area contributed by atoms with E-state index >= 15 is 0 Å². The lowest BCUT2D eigenvalue weighted by Crippen LogP contribution is -2.01. The van der Waals surface area contributed by atoms with E-state index < -0.39 is 0 Å². The molecule has 0 aromatic heterocycles. The van der Waals surface area contributed by atoms with E-state index in [0.29, 0.717) is 28.7 Å². The number of halogens is 2. The molecule has 0 heterocycles. The van der Waals surface area contributed by atoms with Crippen molar-refractivity contribution in [1.29, 1.82) is 0 Å². The van der Waals surface area contributed by atoms with Gasteiger partial charge in [-0.1, -0.05) is 41.9 Å². The molecule has 172 valence electrons. The van der Waals surface area contributed by atoms with Crippen LogP contribution >= 0.6 is 11.6 Å². The quantitative estimate of drug-likeness (QED) is 0.230. The maximum atomic E-state index is 13.4. The van der Waals surface area contributed by atoms with Crippen LogP contribution in [0.25, 0.3) is 0 Å². The van der Waals surface area contributed by atoms with E-state index in [1.165, 1.54) is 12.1 Å². The van der Waals surface area contributed by atoms with E-state index in [-0.39, 0.29) is 12.4 Å². The second-order valence-corrected chi connectivity index (χ2v) is 7.76. The third-order valence-corrected chi connectivity index (χ3v) is 5.06. The van der Waals surface area contributed by atoms with Crippen LogP contribution in [0.5, 0.6) is 23.0 Å². The minimum absolute atomic E-state index is 0.169. The fourth-order valence-corrected chi connectivity index (χ4v) is 3.50. The summed E-state index contributed by atoms with van der Waals surface area (Å²) in [7, 11) is 0. The lowest BCUT2D eigenvalue weighted by atomic mass is 10.2. The van der Waals surface area contributed by atoms with Gasteiger partial charge in [0.2, 0.25) is 0 Å². The van der Waals surface area contributed by atoms with Crippen molar-refractivity contribution in [3.05, 3.63) is 113 Å². The topological polar surface area (TPSA) is 40.0 Å². The van der Waals surface area contributed by atoms with Crippen molar-refractivity contribution < 1.29 is 18.6 Å². The van der Waals surface area contributed by atoms with Crippen molar-refractivity contribution >= 4 is 23.5 Å². The van der Waals surface area contributed by atoms with Crippen molar-refractivity contribution in [2.24, 2.45) is 4.99 Å². The minimum atomic E-state index is -0.316. The van der Waals surface area contributed by atoms with Gasteiger partial charge in [-0.25, -0.2) is 4.39 Å². The van der Waals surface area contributed by atoms with E-state index in [1.54, 1.807) is 24.4 Å². The largest absolute Gasteiger partial charge is 0.490 e. The Labute approximate surface area is 203 Å². The summed E-state index contributed by atoms with van der Waals surface area (Å²) in [6.07, 6.45) is 1.71. The standard InChI is InChI=1S/C28H23ClFNO3/c1-2-32-27-17-21(16-26(29)28(27)33-19-20-7-6-8-22(30)15-20)18-31-23-11-13-25(14-12-23)34-24-9-4-3-5-10-24/h3-18H,2,19H2,1H3. The predicted molar refractivity (Wildman–Crippen MR) is 134 cm³/mol. The molecule has 0 saturated carbocycles. The normalized spacial score (nSPS) is 10.9. The van der Waals surface area contributed by atoms with Crippen molar-refractivity contribution in [2.75, 3.05) is 6.61 Å². The van der Waals surface area contributed by atoms with Gasteiger partial charge < -0.3 is 14.2 Å². The molecule has 4 aromatic rings.